The standard InChI is InChI=1S/C17H22N4O4/c1-3-24-17(22)21-9-7-20(8-10-21)12-15-18-19-16(25-15)13-5-4-6-14(11-13)23-2/h4-6,11H,3,7-10,12H2,1-2H3. The lowest BCUT2D eigenvalue weighted by Gasteiger charge is -2.33. The maximum atomic E-state index is 11.7. The number of piperazine rings is 1. The van der Waals surface area contributed by atoms with Crippen LogP contribution in [0.25, 0.3) is 11.5 Å². The van der Waals surface area contributed by atoms with Crippen molar-refractivity contribution in [3.63, 3.8) is 0 Å². The summed E-state index contributed by atoms with van der Waals surface area (Å²) in [4.78, 5) is 15.6. The number of aromatic nitrogens is 2. The molecule has 134 valence electrons. The highest BCUT2D eigenvalue weighted by Gasteiger charge is 2.23. The number of nitrogens with zero attached hydrogens (tertiary/aromatic N) is 4. The molecule has 0 aliphatic carbocycles. The Balaban J connectivity index is 1.56. The second-order valence-corrected chi connectivity index (χ2v) is 5.70. The van der Waals surface area contributed by atoms with Gasteiger partial charge in [0.1, 0.15) is 5.75 Å². The number of methoxy groups -OCH3 is 1. The third-order valence-electron chi connectivity index (χ3n) is 4.04. The molecule has 2 heterocycles. The van der Waals surface area contributed by atoms with Crippen molar-refractivity contribution in [1.29, 1.82) is 0 Å². The molecule has 1 aromatic heterocycles. The van der Waals surface area contributed by atoms with E-state index in [1.807, 2.05) is 31.2 Å². The van der Waals surface area contributed by atoms with Crippen LogP contribution in [0, 0.1) is 0 Å². The normalized spacial score (nSPS) is 15.2. The Labute approximate surface area is 146 Å². The van der Waals surface area contributed by atoms with E-state index in [1.54, 1.807) is 12.0 Å². The van der Waals surface area contributed by atoms with Gasteiger partial charge < -0.3 is 18.8 Å². The van der Waals surface area contributed by atoms with Crippen LogP contribution in [0.3, 0.4) is 0 Å². The summed E-state index contributed by atoms with van der Waals surface area (Å²) in [5, 5.41) is 8.23. The summed E-state index contributed by atoms with van der Waals surface area (Å²) in [6, 6.07) is 7.50. The number of carbonyl (C=O) groups excluding carboxylic acids is 1. The Morgan fingerprint density at radius 2 is 2.04 bits per heavy atom. The van der Waals surface area contributed by atoms with Crippen LogP contribution < -0.4 is 4.74 Å². The number of rotatable bonds is 5. The summed E-state index contributed by atoms with van der Waals surface area (Å²) in [5.74, 6) is 1.77. The summed E-state index contributed by atoms with van der Waals surface area (Å²) >= 11 is 0. The molecule has 2 aromatic rings. The fourth-order valence-electron chi connectivity index (χ4n) is 2.68. The molecule has 1 aliphatic rings. The average Bonchev–Trinajstić information content (AvgIpc) is 3.11. The van der Waals surface area contributed by atoms with Crippen LogP contribution in [0.2, 0.25) is 0 Å². The third kappa shape index (κ3) is 4.27. The lowest BCUT2D eigenvalue weighted by Crippen LogP contribution is -2.48. The zero-order valence-electron chi connectivity index (χ0n) is 14.5. The van der Waals surface area contributed by atoms with Gasteiger partial charge >= 0.3 is 6.09 Å². The first-order valence-electron chi connectivity index (χ1n) is 8.30. The molecular formula is C17H22N4O4. The van der Waals surface area contributed by atoms with Gasteiger partial charge in [-0.3, -0.25) is 4.90 Å². The second-order valence-electron chi connectivity index (χ2n) is 5.70. The first-order valence-corrected chi connectivity index (χ1v) is 8.30. The van der Waals surface area contributed by atoms with Crippen LogP contribution in [-0.2, 0) is 11.3 Å². The minimum atomic E-state index is -0.250. The predicted molar refractivity (Wildman–Crippen MR) is 90.2 cm³/mol. The molecule has 1 amide bonds. The fourth-order valence-corrected chi connectivity index (χ4v) is 2.68. The molecule has 0 spiro atoms. The maximum Gasteiger partial charge on any atom is 0.409 e. The molecule has 0 unspecified atom stereocenters. The Bertz CT molecular complexity index is 710. The van der Waals surface area contributed by atoms with E-state index >= 15 is 0 Å². The van der Waals surface area contributed by atoms with Crippen molar-refractivity contribution in [1.82, 2.24) is 20.0 Å². The van der Waals surface area contributed by atoms with Crippen molar-refractivity contribution < 1.29 is 18.7 Å². The first-order chi connectivity index (χ1) is 12.2. The molecular weight excluding hydrogens is 324 g/mol. The monoisotopic (exact) mass is 346 g/mol. The van der Waals surface area contributed by atoms with Crippen molar-refractivity contribution >= 4 is 6.09 Å². The van der Waals surface area contributed by atoms with Gasteiger partial charge in [0.25, 0.3) is 0 Å². The molecule has 1 fully saturated rings. The highest BCUT2D eigenvalue weighted by Crippen LogP contribution is 2.23. The maximum absolute atomic E-state index is 11.7. The Hall–Kier alpha value is -2.61. The molecule has 0 bridgehead atoms. The lowest BCUT2D eigenvalue weighted by molar-refractivity contribution is 0.0756. The Kier molecular flexibility index (Phi) is 5.49. The predicted octanol–water partition coefficient (Wildman–Crippen LogP) is 2.02. The van der Waals surface area contributed by atoms with E-state index in [-0.39, 0.29) is 6.09 Å². The van der Waals surface area contributed by atoms with Gasteiger partial charge in [-0.15, -0.1) is 10.2 Å². The van der Waals surface area contributed by atoms with Crippen LogP contribution in [0.15, 0.2) is 28.7 Å². The van der Waals surface area contributed by atoms with Crippen LogP contribution >= 0.6 is 0 Å². The molecule has 8 nitrogen and oxygen atoms in total. The smallest absolute Gasteiger partial charge is 0.409 e. The second kappa shape index (κ2) is 7.98. The van der Waals surface area contributed by atoms with E-state index in [4.69, 9.17) is 13.9 Å². The van der Waals surface area contributed by atoms with Crippen molar-refractivity contribution in [3.8, 4) is 17.2 Å². The van der Waals surface area contributed by atoms with Crippen LogP contribution in [0.5, 0.6) is 5.75 Å². The van der Waals surface area contributed by atoms with Gasteiger partial charge in [-0.25, -0.2) is 4.79 Å². The molecule has 1 aromatic carbocycles. The number of amides is 1. The van der Waals surface area contributed by atoms with Crippen LogP contribution in [0.4, 0.5) is 4.79 Å². The molecule has 1 saturated heterocycles. The molecule has 0 atom stereocenters. The van der Waals surface area contributed by atoms with Gasteiger partial charge in [-0.2, -0.15) is 0 Å². The molecule has 0 radical (unpaired) electrons. The highest BCUT2D eigenvalue weighted by molar-refractivity contribution is 5.67. The molecule has 25 heavy (non-hydrogen) atoms. The minimum Gasteiger partial charge on any atom is -0.497 e. The van der Waals surface area contributed by atoms with Crippen molar-refractivity contribution in [2.24, 2.45) is 0 Å². The SMILES string of the molecule is CCOC(=O)N1CCN(Cc2nnc(-c3cccc(OC)c3)o2)CC1. The van der Waals surface area contributed by atoms with Gasteiger partial charge in [-0.05, 0) is 25.1 Å². The average molecular weight is 346 g/mol. The summed E-state index contributed by atoms with van der Waals surface area (Å²) in [5.41, 5.74) is 0.824. The molecule has 0 saturated carbocycles. The van der Waals surface area contributed by atoms with Gasteiger partial charge in [0.05, 0.1) is 20.3 Å². The molecule has 0 N–H and O–H groups in total. The van der Waals surface area contributed by atoms with E-state index in [9.17, 15) is 4.79 Å². The van der Waals surface area contributed by atoms with Gasteiger partial charge in [0, 0.05) is 31.7 Å². The minimum absolute atomic E-state index is 0.250. The van der Waals surface area contributed by atoms with Gasteiger partial charge in [0.15, 0.2) is 0 Å². The van der Waals surface area contributed by atoms with E-state index in [2.05, 4.69) is 15.1 Å². The topological polar surface area (TPSA) is 80.9 Å². The quantitative estimate of drug-likeness (QED) is 0.819. The van der Waals surface area contributed by atoms with Gasteiger partial charge in [0.2, 0.25) is 11.8 Å². The van der Waals surface area contributed by atoms with E-state index in [0.29, 0.717) is 38.0 Å². The number of benzene rings is 1. The first kappa shape index (κ1) is 17.2. The van der Waals surface area contributed by atoms with Crippen LogP contribution in [0.1, 0.15) is 12.8 Å². The fraction of sp³-hybridized carbons (Fsp3) is 0.471. The number of ether oxygens (including phenoxy) is 2. The van der Waals surface area contributed by atoms with E-state index < -0.39 is 0 Å². The number of hydrogen-bond donors (Lipinski definition) is 0. The summed E-state index contributed by atoms with van der Waals surface area (Å²) in [7, 11) is 1.62. The van der Waals surface area contributed by atoms with Crippen molar-refractivity contribution in [2.75, 3.05) is 39.9 Å². The lowest BCUT2D eigenvalue weighted by atomic mass is 10.2. The van der Waals surface area contributed by atoms with E-state index in [0.717, 1.165) is 24.4 Å². The summed E-state index contributed by atoms with van der Waals surface area (Å²) < 4.78 is 16.0. The van der Waals surface area contributed by atoms with Gasteiger partial charge in [-0.1, -0.05) is 6.07 Å². The summed E-state index contributed by atoms with van der Waals surface area (Å²) in [6.07, 6.45) is -0.250. The largest absolute Gasteiger partial charge is 0.497 e. The molecule has 1 aliphatic heterocycles. The van der Waals surface area contributed by atoms with Crippen molar-refractivity contribution in [2.45, 2.75) is 13.5 Å². The number of carbonyl (C=O) groups is 1. The zero-order chi connectivity index (χ0) is 17.6. The number of hydrogen-bond acceptors (Lipinski definition) is 7. The van der Waals surface area contributed by atoms with Crippen LogP contribution in [-0.4, -0.2) is 66.0 Å². The molecule has 8 heteroatoms. The van der Waals surface area contributed by atoms with E-state index in [1.165, 1.54) is 0 Å². The zero-order valence-corrected chi connectivity index (χ0v) is 14.5. The third-order valence-corrected chi connectivity index (χ3v) is 4.04. The highest BCUT2D eigenvalue weighted by atomic mass is 16.6. The molecule has 3 rings (SSSR count). The Morgan fingerprint density at radius 1 is 1.24 bits per heavy atom. The summed E-state index contributed by atoms with van der Waals surface area (Å²) in [6.45, 7) is 5.53. The van der Waals surface area contributed by atoms with Crippen molar-refractivity contribution in [3.05, 3.63) is 30.2 Å². The Morgan fingerprint density at radius 3 is 2.76 bits per heavy atom.